The van der Waals surface area contributed by atoms with Gasteiger partial charge in [0.25, 0.3) is 0 Å². The first-order chi connectivity index (χ1) is 8.79. The molecule has 2 N–H and O–H groups in total. The van der Waals surface area contributed by atoms with Gasteiger partial charge in [0, 0.05) is 0 Å². The Morgan fingerprint density at radius 2 is 2.11 bits per heavy atom. The van der Waals surface area contributed by atoms with Crippen molar-refractivity contribution in [1.82, 2.24) is 0 Å². The molecular formula is C15H18FNO. The van der Waals surface area contributed by atoms with Gasteiger partial charge >= 0.3 is 0 Å². The predicted octanol–water partition coefficient (Wildman–Crippen LogP) is 2.60. The summed E-state index contributed by atoms with van der Waals surface area (Å²) in [7, 11) is 0. The van der Waals surface area contributed by atoms with E-state index < -0.39 is 0 Å². The molecule has 0 aromatic heterocycles. The molecule has 0 radical (unpaired) electrons. The fourth-order valence-electron chi connectivity index (χ4n) is 2.17. The van der Waals surface area contributed by atoms with Gasteiger partial charge in [-0.3, -0.25) is 0 Å². The van der Waals surface area contributed by atoms with Crippen molar-refractivity contribution in [2.45, 2.75) is 38.4 Å². The Labute approximate surface area is 107 Å². The van der Waals surface area contributed by atoms with E-state index in [0.29, 0.717) is 18.3 Å². The fourth-order valence-corrected chi connectivity index (χ4v) is 2.17. The highest BCUT2D eigenvalue weighted by molar-refractivity contribution is 5.38. The number of benzene rings is 1. The summed E-state index contributed by atoms with van der Waals surface area (Å²) in [6.07, 6.45) is 5.15. The average molecular weight is 247 g/mol. The van der Waals surface area contributed by atoms with Gasteiger partial charge in [-0.05, 0) is 30.5 Å². The summed E-state index contributed by atoms with van der Waals surface area (Å²) in [5.41, 5.74) is 6.64. The summed E-state index contributed by atoms with van der Waals surface area (Å²) in [5.74, 6) is 5.10. The van der Waals surface area contributed by atoms with Gasteiger partial charge in [0.05, 0.1) is 24.8 Å². The topological polar surface area (TPSA) is 35.2 Å². The third-order valence-corrected chi connectivity index (χ3v) is 3.14. The molecule has 0 bridgehead atoms. The van der Waals surface area contributed by atoms with E-state index in [2.05, 4.69) is 11.8 Å². The van der Waals surface area contributed by atoms with Crippen LogP contribution in [0.5, 0.6) is 0 Å². The molecule has 2 nitrogen and oxygen atoms in total. The van der Waals surface area contributed by atoms with Crippen LogP contribution in [0.2, 0.25) is 0 Å². The molecule has 0 unspecified atom stereocenters. The zero-order chi connectivity index (χ0) is 12.8. The monoisotopic (exact) mass is 247 g/mol. The quantitative estimate of drug-likeness (QED) is 0.833. The highest BCUT2D eigenvalue weighted by Gasteiger charge is 2.15. The minimum atomic E-state index is -0.305. The normalized spacial score (nSPS) is 15.4. The van der Waals surface area contributed by atoms with E-state index in [0.717, 1.165) is 18.4 Å². The van der Waals surface area contributed by atoms with Crippen molar-refractivity contribution in [3.05, 3.63) is 35.1 Å². The lowest BCUT2D eigenvalue weighted by Gasteiger charge is -2.11. The number of halogens is 1. The van der Waals surface area contributed by atoms with Crippen LogP contribution in [0.4, 0.5) is 4.39 Å². The molecule has 1 aliphatic rings. The van der Waals surface area contributed by atoms with Crippen LogP contribution in [0.1, 0.15) is 36.8 Å². The first kappa shape index (κ1) is 13.1. The van der Waals surface area contributed by atoms with Crippen molar-refractivity contribution in [2.75, 3.05) is 6.54 Å². The Morgan fingerprint density at radius 1 is 1.33 bits per heavy atom. The number of ether oxygens (including phenoxy) is 1. The van der Waals surface area contributed by atoms with Crippen molar-refractivity contribution in [3.63, 3.8) is 0 Å². The number of hydrogen-bond donors (Lipinski definition) is 1. The maximum Gasteiger partial charge on any atom is 0.138 e. The van der Waals surface area contributed by atoms with E-state index in [1.807, 2.05) is 0 Å². The molecule has 1 fully saturated rings. The van der Waals surface area contributed by atoms with Gasteiger partial charge in [-0.1, -0.05) is 30.7 Å². The average Bonchev–Trinajstić information content (AvgIpc) is 2.89. The maximum atomic E-state index is 13.5. The van der Waals surface area contributed by atoms with E-state index >= 15 is 0 Å². The lowest BCUT2D eigenvalue weighted by molar-refractivity contribution is 0.0456. The molecule has 2 rings (SSSR count). The standard InChI is InChI=1S/C15H18FNO/c16-15-8-7-12(10-13(15)4-3-9-17)11-18-14-5-1-2-6-14/h7-8,10,14H,1-2,5-6,9,11,17H2. The Hall–Kier alpha value is -1.37. The molecule has 1 aromatic carbocycles. The van der Waals surface area contributed by atoms with Crippen LogP contribution in [0, 0.1) is 17.7 Å². The molecule has 3 heteroatoms. The smallest absolute Gasteiger partial charge is 0.138 e. The van der Waals surface area contributed by atoms with Crippen LogP contribution in [0.25, 0.3) is 0 Å². The summed E-state index contributed by atoms with van der Waals surface area (Å²) in [6.45, 7) is 0.768. The molecule has 18 heavy (non-hydrogen) atoms. The second-order valence-corrected chi connectivity index (χ2v) is 4.54. The van der Waals surface area contributed by atoms with Crippen LogP contribution in [0.15, 0.2) is 18.2 Å². The van der Waals surface area contributed by atoms with Crippen LogP contribution in [-0.4, -0.2) is 12.6 Å². The third-order valence-electron chi connectivity index (χ3n) is 3.14. The maximum absolute atomic E-state index is 13.5. The van der Waals surface area contributed by atoms with E-state index in [9.17, 15) is 4.39 Å². The molecule has 1 saturated carbocycles. The molecular weight excluding hydrogens is 229 g/mol. The lowest BCUT2D eigenvalue weighted by Crippen LogP contribution is -2.07. The predicted molar refractivity (Wildman–Crippen MR) is 69.4 cm³/mol. The third kappa shape index (κ3) is 3.56. The van der Waals surface area contributed by atoms with Crippen molar-refractivity contribution in [3.8, 4) is 11.8 Å². The molecule has 1 aliphatic carbocycles. The van der Waals surface area contributed by atoms with E-state index in [1.165, 1.54) is 18.9 Å². The second-order valence-electron chi connectivity index (χ2n) is 4.54. The van der Waals surface area contributed by atoms with Crippen LogP contribution in [-0.2, 0) is 11.3 Å². The lowest BCUT2D eigenvalue weighted by atomic mass is 10.1. The van der Waals surface area contributed by atoms with E-state index in [-0.39, 0.29) is 12.4 Å². The van der Waals surface area contributed by atoms with Crippen molar-refractivity contribution >= 4 is 0 Å². The summed E-state index contributed by atoms with van der Waals surface area (Å²) in [4.78, 5) is 0. The molecule has 1 aromatic rings. The number of hydrogen-bond acceptors (Lipinski definition) is 2. The van der Waals surface area contributed by atoms with Gasteiger partial charge in [-0.2, -0.15) is 0 Å². The first-order valence-corrected chi connectivity index (χ1v) is 6.38. The highest BCUT2D eigenvalue weighted by Crippen LogP contribution is 2.22. The minimum absolute atomic E-state index is 0.238. The summed E-state index contributed by atoms with van der Waals surface area (Å²) >= 11 is 0. The summed E-state index contributed by atoms with van der Waals surface area (Å²) < 4.78 is 19.2. The fraction of sp³-hybridized carbons (Fsp3) is 0.467. The van der Waals surface area contributed by atoms with E-state index in [1.54, 1.807) is 12.1 Å². The van der Waals surface area contributed by atoms with Crippen molar-refractivity contribution in [2.24, 2.45) is 5.73 Å². The molecule has 0 aliphatic heterocycles. The molecule has 0 heterocycles. The Kier molecular flexibility index (Phi) is 4.74. The summed E-state index contributed by atoms with van der Waals surface area (Å²) in [6, 6.07) is 4.93. The largest absolute Gasteiger partial charge is 0.374 e. The first-order valence-electron chi connectivity index (χ1n) is 6.38. The molecule has 0 saturated heterocycles. The zero-order valence-corrected chi connectivity index (χ0v) is 10.4. The highest BCUT2D eigenvalue weighted by atomic mass is 19.1. The number of rotatable bonds is 3. The molecule has 0 spiro atoms. The number of nitrogens with two attached hydrogens (primary N) is 1. The van der Waals surface area contributed by atoms with E-state index in [4.69, 9.17) is 10.5 Å². The Morgan fingerprint density at radius 3 is 2.83 bits per heavy atom. The Balaban J connectivity index is 1.99. The van der Waals surface area contributed by atoms with Gasteiger partial charge in [0.15, 0.2) is 0 Å². The zero-order valence-electron chi connectivity index (χ0n) is 10.4. The summed E-state index contributed by atoms with van der Waals surface area (Å²) in [5, 5.41) is 0. The van der Waals surface area contributed by atoms with Crippen LogP contribution >= 0.6 is 0 Å². The Bertz CT molecular complexity index is 455. The molecule has 0 amide bonds. The molecule has 0 atom stereocenters. The second kappa shape index (κ2) is 6.53. The van der Waals surface area contributed by atoms with Gasteiger partial charge in [-0.15, -0.1) is 0 Å². The SMILES string of the molecule is NCC#Cc1cc(COC2CCCC2)ccc1F. The van der Waals surface area contributed by atoms with Crippen molar-refractivity contribution < 1.29 is 9.13 Å². The van der Waals surface area contributed by atoms with Gasteiger partial charge < -0.3 is 10.5 Å². The van der Waals surface area contributed by atoms with Gasteiger partial charge in [0.2, 0.25) is 0 Å². The van der Waals surface area contributed by atoms with Crippen LogP contribution < -0.4 is 5.73 Å². The molecule has 96 valence electrons. The minimum Gasteiger partial charge on any atom is -0.374 e. The van der Waals surface area contributed by atoms with Gasteiger partial charge in [-0.25, -0.2) is 4.39 Å². The van der Waals surface area contributed by atoms with Crippen molar-refractivity contribution in [1.29, 1.82) is 0 Å². The van der Waals surface area contributed by atoms with Crippen LogP contribution in [0.3, 0.4) is 0 Å². The van der Waals surface area contributed by atoms with Gasteiger partial charge in [0.1, 0.15) is 5.82 Å².